The third-order valence-electron chi connectivity index (χ3n) is 5.51. The molecule has 1 amide bonds. The van der Waals surface area contributed by atoms with Crippen LogP contribution in [0, 0.1) is 5.92 Å². The minimum Gasteiger partial charge on any atom is -0.302 e. The lowest BCUT2D eigenvalue weighted by Gasteiger charge is -2.30. The summed E-state index contributed by atoms with van der Waals surface area (Å²) in [6.07, 6.45) is 1.26. The maximum absolute atomic E-state index is 12.9. The van der Waals surface area contributed by atoms with Crippen molar-refractivity contribution in [3.63, 3.8) is 0 Å². The van der Waals surface area contributed by atoms with Crippen molar-refractivity contribution in [2.24, 2.45) is 5.92 Å². The number of carbonyl (C=O) groups excluding carboxylic acids is 1. The van der Waals surface area contributed by atoms with Gasteiger partial charge in [-0.15, -0.1) is 22.7 Å². The van der Waals surface area contributed by atoms with Crippen molar-refractivity contribution in [3.05, 3.63) is 51.7 Å². The Morgan fingerprint density at radius 2 is 1.97 bits per heavy atom. The molecule has 1 aromatic carbocycles. The second-order valence-corrected chi connectivity index (χ2v) is 12.8. The zero-order valence-corrected chi connectivity index (χ0v) is 21.0. The SMILES string of the molecule is CC(C)c1ccc(-c2csc(NC(=O)C3CCCN(S(=O)(=O)c4ccc(Cl)s4)C3)n2)cc1. The van der Waals surface area contributed by atoms with E-state index in [2.05, 4.69) is 36.3 Å². The molecule has 0 bridgehead atoms. The van der Waals surface area contributed by atoms with Gasteiger partial charge in [0.1, 0.15) is 4.21 Å². The van der Waals surface area contributed by atoms with E-state index in [4.69, 9.17) is 11.6 Å². The topological polar surface area (TPSA) is 79.4 Å². The first-order valence-electron chi connectivity index (χ1n) is 10.4. The molecule has 1 unspecified atom stereocenters. The summed E-state index contributed by atoms with van der Waals surface area (Å²) in [4.78, 5) is 17.4. The van der Waals surface area contributed by atoms with Crippen molar-refractivity contribution < 1.29 is 13.2 Å². The summed E-state index contributed by atoms with van der Waals surface area (Å²) in [5.41, 5.74) is 3.07. The molecule has 2 aromatic heterocycles. The van der Waals surface area contributed by atoms with Gasteiger partial charge in [0.05, 0.1) is 15.9 Å². The number of anilines is 1. The number of hydrogen-bond donors (Lipinski definition) is 1. The van der Waals surface area contributed by atoms with Gasteiger partial charge in [0.25, 0.3) is 10.0 Å². The minimum atomic E-state index is -3.65. The Kier molecular flexibility index (Phi) is 7.02. The first-order chi connectivity index (χ1) is 15.2. The van der Waals surface area contributed by atoms with E-state index in [1.165, 1.54) is 27.3 Å². The minimum absolute atomic E-state index is 0.151. The van der Waals surface area contributed by atoms with Crippen LogP contribution in [0.25, 0.3) is 11.3 Å². The van der Waals surface area contributed by atoms with Crippen LogP contribution in [0.2, 0.25) is 4.34 Å². The molecular formula is C22H24ClN3O3S3. The van der Waals surface area contributed by atoms with Gasteiger partial charge in [0, 0.05) is 24.0 Å². The lowest BCUT2D eigenvalue weighted by molar-refractivity contribution is -0.120. The van der Waals surface area contributed by atoms with E-state index in [9.17, 15) is 13.2 Å². The molecule has 0 aliphatic carbocycles. The smallest absolute Gasteiger partial charge is 0.252 e. The monoisotopic (exact) mass is 509 g/mol. The molecule has 0 spiro atoms. The maximum atomic E-state index is 12.9. The van der Waals surface area contributed by atoms with Gasteiger partial charge in [0.2, 0.25) is 5.91 Å². The van der Waals surface area contributed by atoms with Crippen molar-refractivity contribution in [1.82, 2.24) is 9.29 Å². The number of piperidine rings is 1. The summed E-state index contributed by atoms with van der Waals surface area (Å²) < 4.78 is 27.8. The number of rotatable bonds is 6. The van der Waals surface area contributed by atoms with Crippen LogP contribution in [-0.4, -0.2) is 36.7 Å². The molecule has 32 heavy (non-hydrogen) atoms. The van der Waals surface area contributed by atoms with Gasteiger partial charge in [-0.05, 0) is 36.5 Å². The third kappa shape index (κ3) is 5.07. The first-order valence-corrected chi connectivity index (χ1v) is 13.9. The van der Waals surface area contributed by atoms with Crippen LogP contribution in [0.15, 0.2) is 46.0 Å². The molecule has 1 fully saturated rings. The summed E-state index contributed by atoms with van der Waals surface area (Å²) in [5, 5.41) is 5.31. The Morgan fingerprint density at radius 1 is 1.22 bits per heavy atom. The molecule has 3 heterocycles. The number of benzene rings is 1. The van der Waals surface area contributed by atoms with Crippen LogP contribution in [0.1, 0.15) is 38.2 Å². The Hall–Kier alpha value is -1.78. The number of aromatic nitrogens is 1. The van der Waals surface area contributed by atoms with Crippen LogP contribution in [0.4, 0.5) is 5.13 Å². The van der Waals surface area contributed by atoms with Gasteiger partial charge < -0.3 is 5.32 Å². The number of amides is 1. The Morgan fingerprint density at radius 3 is 2.62 bits per heavy atom. The molecule has 1 N–H and O–H groups in total. The number of thiazole rings is 1. The fourth-order valence-corrected chi connectivity index (χ4v) is 7.53. The number of sulfonamides is 1. The number of halogens is 1. The maximum Gasteiger partial charge on any atom is 0.252 e. The highest BCUT2D eigenvalue weighted by Crippen LogP contribution is 2.31. The largest absolute Gasteiger partial charge is 0.302 e. The van der Waals surface area contributed by atoms with Crippen LogP contribution in [0.3, 0.4) is 0 Å². The lowest BCUT2D eigenvalue weighted by atomic mass is 9.99. The van der Waals surface area contributed by atoms with Gasteiger partial charge in [-0.3, -0.25) is 4.79 Å². The van der Waals surface area contributed by atoms with E-state index in [1.54, 1.807) is 6.07 Å². The molecule has 1 saturated heterocycles. The summed E-state index contributed by atoms with van der Waals surface area (Å²) in [5.74, 6) is -0.165. The van der Waals surface area contributed by atoms with Crippen LogP contribution >= 0.6 is 34.3 Å². The molecule has 1 aliphatic rings. The predicted octanol–water partition coefficient (Wildman–Crippen LogP) is 5.69. The average molecular weight is 510 g/mol. The first kappa shape index (κ1) is 23.4. The predicted molar refractivity (Wildman–Crippen MR) is 131 cm³/mol. The quantitative estimate of drug-likeness (QED) is 0.463. The third-order valence-corrected chi connectivity index (χ3v) is 9.83. The summed E-state index contributed by atoms with van der Waals surface area (Å²) in [7, 11) is -3.65. The Balaban J connectivity index is 1.42. The van der Waals surface area contributed by atoms with E-state index in [0.717, 1.165) is 22.6 Å². The highest BCUT2D eigenvalue weighted by molar-refractivity contribution is 7.91. The van der Waals surface area contributed by atoms with Gasteiger partial charge in [-0.2, -0.15) is 4.31 Å². The number of carbonyl (C=O) groups is 1. The van der Waals surface area contributed by atoms with E-state index in [-0.39, 0.29) is 16.7 Å². The summed E-state index contributed by atoms with van der Waals surface area (Å²) in [6, 6.07) is 11.3. The van der Waals surface area contributed by atoms with Gasteiger partial charge in [-0.1, -0.05) is 49.7 Å². The molecule has 6 nitrogen and oxygen atoms in total. The lowest BCUT2D eigenvalue weighted by Crippen LogP contribution is -2.43. The summed E-state index contributed by atoms with van der Waals surface area (Å²) >= 11 is 8.30. The van der Waals surface area contributed by atoms with E-state index in [1.807, 2.05) is 17.5 Å². The average Bonchev–Trinajstić information content (AvgIpc) is 3.43. The van der Waals surface area contributed by atoms with Crippen LogP contribution < -0.4 is 5.32 Å². The van der Waals surface area contributed by atoms with Crippen LogP contribution in [0.5, 0.6) is 0 Å². The second-order valence-electron chi connectivity index (χ2n) is 8.06. The molecule has 0 saturated carbocycles. The normalized spacial score (nSPS) is 17.6. The number of nitrogens with one attached hydrogen (secondary N) is 1. The van der Waals surface area contributed by atoms with Crippen molar-refractivity contribution >= 4 is 55.3 Å². The van der Waals surface area contributed by atoms with Crippen LogP contribution in [-0.2, 0) is 14.8 Å². The number of hydrogen-bond acceptors (Lipinski definition) is 6. The molecule has 1 atom stereocenters. The highest BCUT2D eigenvalue weighted by Gasteiger charge is 2.34. The van der Waals surface area contributed by atoms with E-state index < -0.39 is 15.9 Å². The summed E-state index contributed by atoms with van der Waals surface area (Å²) in [6.45, 7) is 4.85. The van der Waals surface area contributed by atoms with Crippen molar-refractivity contribution in [1.29, 1.82) is 0 Å². The Labute approximate surface area is 201 Å². The van der Waals surface area contributed by atoms with Gasteiger partial charge >= 0.3 is 0 Å². The fraction of sp³-hybridized carbons (Fsp3) is 0.364. The second kappa shape index (κ2) is 9.61. The van der Waals surface area contributed by atoms with E-state index in [0.29, 0.717) is 34.8 Å². The molecule has 170 valence electrons. The van der Waals surface area contributed by atoms with E-state index >= 15 is 0 Å². The molecular weight excluding hydrogens is 486 g/mol. The molecule has 10 heteroatoms. The van der Waals surface area contributed by atoms with Crippen molar-refractivity contribution in [2.75, 3.05) is 18.4 Å². The van der Waals surface area contributed by atoms with Gasteiger partial charge in [-0.25, -0.2) is 13.4 Å². The molecule has 1 aliphatic heterocycles. The zero-order chi connectivity index (χ0) is 22.9. The number of nitrogens with zero attached hydrogens (tertiary/aromatic N) is 2. The molecule has 0 radical (unpaired) electrons. The van der Waals surface area contributed by atoms with Crippen molar-refractivity contribution in [3.8, 4) is 11.3 Å². The van der Waals surface area contributed by atoms with Gasteiger partial charge in [0.15, 0.2) is 5.13 Å². The molecule has 3 aromatic rings. The van der Waals surface area contributed by atoms with Crippen molar-refractivity contribution in [2.45, 2.75) is 36.8 Å². The fourth-order valence-electron chi connectivity index (χ4n) is 3.65. The molecule has 4 rings (SSSR count). The highest BCUT2D eigenvalue weighted by atomic mass is 35.5. The Bertz CT molecular complexity index is 1200. The number of thiophene rings is 1. The zero-order valence-electron chi connectivity index (χ0n) is 17.7. The standard InChI is InChI=1S/C22H24ClN3O3S3/c1-14(2)15-5-7-16(8-6-15)18-13-30-22(24-18)25-21(27)17-4-3-11-26(12-17)32(28,29)20-10-9-19(23)31-20/h5-10,13-14,17H,3-4,11-12H2,1-2H3,(H,24,25,27).